The average molecular weight is 412 g/mol. The molecular formula is C20H33NO6Si. The van der Waals surface area contributed by atoms with Crippen LogP contribution in [0.4, 0.5) is 4.79 Å². The second kappa shape index (κ2) is 8.69. The van der Waals surface area contributed by atoms with E-state index in [9.17, 15) is 9.59 Å². The van der Waals surface area contributed by atoms with Gasteiger partial charge in [-0.1, -0.05) is 26.8 Å². The number of amides is 1. The van der Waals surface area contributed by atoms with Crippen LogP contribution in [0.2, 0.25) is 18.1 Å². The van der Waals surface area contributed by atoms with Gasteiger partial charge in [0.1, 0.15) is 0 Å². The Kier molecular flexibility index (Phi) is 6.98. The predicted octanol–water partition coefficient (Wildman–Crippen LogP) is 3.73. The van der Waals surface area contributed by atoms with Gasteiger partial charge in [0.15, 0.2) is 8.32 Å². The molecule has 0 saturated carbocycles. The molecule has 0 saturated heterocycles. The van der Waals surface area contributed by atoms with E-state index in [4.69, 9.17) is 18.6 Å². The van der Waals surface area contributed by atoms with Crippen LogP contribution in [0.25, 0.3) is 0 Å². The van der Waals surface area contributed by atoms with Crippen molar-refractivity contribution in [3.8, 4) is 0 Å². The summed E-state index contributed by atoms with van der Waals surface area (Å²) < 4.78 is 22.6. The number of allylic oxidation sites excluding steroid dienone is 1. The van der Waals surface area contributed by atoms with E-state index in [0.29, 0.717) is 25.2 Å². The number of esters is 1. The SMILES string of the molecule is CCOC(=O)C1=COC(OC(=O)NC)C2C(CO[Si](C)(C)C(C)(C)C)=CCC12. The number of hydrogen-bond acceptors (Lipinski definition) is 6. The zero-order valence-electron chi connectivity index (χ0n) is 18.0. The lowest BCUT2D eigenvalue weighted by Crippen LogP contribution is -2.43. The molecule has 0 spiro atoms. The summed E-state index contributed by atoms with van der Waals surface area (Å²) in [5.74, 6) is -0.817. The van der Waals surface area contributed by atoms with Crippen molar-refractivity contribution < 1.29 is 28.2 Å². The van der Waals surface area contributed by atoms with E-state index in [1.165, 1.54) is 13.3 Å². The van der Waals surface area contributed by atoms with Crippen LogP contribution in [0.5, 0.6) is 0 Å². The number of ether oxygens (including phenoxy) is 3. The molecule has 1 aliphatic heterocycles. The molecule has 1 N–H and O–H groups in total. The van der Waals surface area contributed by atoms with Gasteiger partial charge in [0, 0.05) is 13.0 Å². The van der Waals surface area contributed by atoms with Crippen molar-refractivity contribution in [3.63, 3.8) is 0 Å². The van der Waals surface area contributed by atoms with E-state index in [-0.39, 0.29) is 16.9 Å². The summed E-state index contributed by atoms with van der Waals surface area (Å²) in [6.45, 7) is 13.4. The van der Waals surface area contributed by atoms with Gasteiger partial charge in [0.25, 0.3) is 6.29 Å². The Morgan fingerprint density at radius 1 is 1.32 bits per heavy atom. The summed E-state index contributed by atoms with van der Waals surface area (Å²) in [6, 6.07) is 0. The second-order valence-electron chi connectivity index (χ2n) is 8.65. The normalized spacial score (nSPS) is 24.5. The van der Waals surface area contributed by atoms with Gasteiger partial charge in [-0.25, -0.2) is 9.59 Å². The Bertz CT molecular complexity index is 664. The summed E-state index contributed by atoms with van der Waals surface area (Å²) in [5, 5.41) is 2.53. The number of hydrogen-bond donors (Lipinski definition) is 1. The first-order valence-corrected chi connectivity index (χ1v) is 12.7. The number of rotatable bonds is 6. The van der Waals surface area contributed by atoms with Gasteiger partial charge in [-0.05, 0) is 37.0 Å². The Balaban J connectivity index is 2.21. The number of fused-ring (bicyclic) bond motifs is 1. The van der Waals surface area contributed by atoms with Crippen molar-refractivity contribution in [2.75, 3.05) is 20.3 Å². The van der Waals surface area contributed by atoms with Crippen molar-refractivity contribution in [1.29, 1.82) is 0 Å². The topological polar surface area (TPSA) is 83.1 Å². The molecule has 0 bridgehead atoms. The maximum Gasteiger partial charge on any atom is 0.409 e. The summed E-state index contributed by atoms with van der Waals surface area (Å²) in [6.07, 6.45) is 2.72. The Morgan fingerprint density at radius 3 is 2.57 bits per heavy atom. The van der Waals surface area contributed by atoms with E-state index in [1.54, 1.807) is 6.92 Å². The smallest absolute Gasteiger partial charge is 0.409 e. The Labute approximate surface area is 168 Å². The fourth-order valence-corrected chi connectivity index (χ4v) is 4.09. The van der Waals surface area contributed by atoms with Gasteiger partial charge in [0.05, 0.1) is 31.0 Å². The van der Waals surface area contributed by atoms with E-state index in [0.717, 1.165) is 5.57 Å². The molecule has 28 heavy (non-hydrogen) atoms. The average Bonchev–Trinajstić information content (AvgIpc) is 3.03. The maximum absolute atomic E-state index is 12.3. The van der Waals surface area contributed by atoms with Crippen LogP contribution >= 0.6 is 0 Å². The van der Waals surface area contributed by atoms with E-state index in [1.807, 2.05) is 0 Å². The largest absolute Gasteiger partial charge is 0.463 e. The monoisotopic (exact) mass is 411 g/mol. The first kappa shape index (κ1) is 22.5. The highest BCUT2D eigenvalue weighted by molar-refractivity contribution is 6.74. The van der Waals surface area contributed by atoms with Crippen molar-refractivity contribution in [1.82, 2.24) is 5.32 Å². The lowest BCUT2D eigenvalue weighted by Gasteiger charge is -2.38. The Morgan fingerprint density at radius 2 is 2.00 bits per heavy atom. The molecule has 158 valence electrons. The van der Waals surface area contributed by atoms with Crippen LogP contribution in [0.15, 0.2) is 23.5 Å². The number of carbonyl (C=O) groups is 2. The number of carbonyl (C=O) groups excluding carboxylic acids is 2. The van der Waals surface area contributed by atoms with Crippen LogP contribution in [-0.4, -0.2) is 46.9 Å². The molecule has 7 nitrogen and oxygen atoms in total. The highest BCUT2D eigenvalue weighted by Crippen LogP contribution is 2.45. The standard InChI is InChI=1S/C20H33NO6Si/c1-8-24-17(22)15-12-25-18(27-19(23)21-5)16-13(9-10-14(15)16)11-26-28(6,7)20(2,3)4/h9,12,14,16,18H,8,10-11H2,1-7H3,(H,21,23). The van der Waals surface area contributed by atoms with Crippen LogP contribution in [-0.2, 0) is 23.4 Å². The molecule has 8 heteroatoms. The molecule has 0 radical (unpaired) electrons. The van der Waals surface area contributed by atoms with Crippen LogP contribution < -0.4 is 5.32 Å². The first-order valence-electron chi connectivity index (χ1n) is 9.75. The maximum atomic E-state index is 12.3. The fraction of sp³-hybridized carbons (Fsp3) is 0.700. The highest BCUT2D eigenvalue weighted by atomic mass is 28.4. The molecule has 2 rings (SSSR count). The van der Waals surface area contributed by atoms with Crippen molar-refractivity contribution in [2.45, 2.75) is 58.5 Å². The van der Waals surface area contributed by atoms with Gasteiger partial charge in [-0.2, -0.15) is 0 Å². The van der Waals surface area contributed by atoms with E-state index < -0.39 is 26.7 Å². The minimum atomic E-state index is -1.95. The lowest BCUT2D eigenvalue weighted by atomic mass is 9.83. The third-order valence-electron chi connectivity index (χ3n) is 5.86. The quantitative estimate of drug-likeness (QED) is 0.407. The number of alkyl carbamates (subject to hydrolysis) is 1. The summed E-state index contributed by atoms with van der Waals surface area (Å²) in [5.41, 5.74) is 1.47. The zero-order valence-corrected chi connectivity index (χ0v) is 19.0. The molecule has 1 heterocycles. The third-order valence-corrected chi connectivity index (χ3v) is 10.3. The minimum Gasteiger partial charge on any atom is -0.463 e. The molecule has 1 aliphatic carbocycles. The molecule has 1 amide bonds. The molecule has 0 aromatic heterocycles. The van der Waals surface area contributed by atoms with Crippen molar-refractivity contribution in [2.24, 2.45) is 11.8 Å². The van der Waals surface area contributed by atoms with Gasteiger partial charge in [-0.15, -0.1) is 0 Å². The minimum absolute atomic E-state index is 0.0859. The Hall–Kier alpha value is -1.80. The molecule has 3 unspecified atom stereocenters. The summed E-state index contributed by atoms with van der Waals surface area (Å²) >= 11 is 0. The van der Waals surface area contributed by atoms with E-state index in [2.05, 4.69) is 45.3 Å². The van der Waals surface area contributed by atoms with Gasteiger partial charge < -0.3 is 24.0 Å². The predicted molar refractivity (Wildman–Crippen MR) is 108 cm³/mol. The van der Waals surface area contributed by atoms with Gasteiger partial charge in [0.2, 0.25) is 0 Å². The molecule has 3 atom stereocenters. The second-order valence-corrected chi connectivity index (χ2v) is 13.5. The van der Waals surface area contributed by atoms with Crippen molar-refractivity contribution >= 4 is 20.4 Å². The van der Waals surface area contributed by atoms with Gasteiger partial charge in [-0.3, -0.25) is 0 Å². The van der Waals surface area contributed by atoms with Crippen LogP contribution in [0.3, 0.4) is 0 Å². The van der Waals surface area contributed by atoms with Crippen LogP contribution in [0.1, 0.15) is 34.1 Å². The molecule has 0 fully saturated rings. The third kappa shape index (κ3) is 4.78. The molecule has 0 aromatic carbocycles. The van der Waals surface area contributed by atoms with Crippen LogP contribution in [0, 0.1) is 11.8 Å². The molecule has 0 aromatic rings. The van der Waals surface area contributed by atoms with Gasteiger partial charge >= 0.3 is 12.1 Å². The summed E-state index contributed by atoms with van der Waals surface area (Å²) in [7, 11) is -0.455. The summed E-state index contributed by atoms with van der Waals surface area (Å²) in [4.78, 5) is 24.1. The highest BCUT2D eigenvalue weighted by Gasteiger charge is 2.47. The zero-order chi connectivity index (χ0) is 21.1. The first-order chi connectivity index (χ1) is 13.0. The molecular weight excluding hydrogens is 378 g/mol. The molecule has 2 aliphatic rings. The van der Waals surface area contributed by atoms with E-state index >= 15 is 0 Å². The number of nitrogens with one attached hydrogen (secondary N) is 1. The fourth-order valence-electron chi connectivity index (χ4n) is 3.13. The lowest BCUT2D eigenvalue weighted by molar-refractivity contribution is -0.144. The van der Waals surface area contributed by atoms with Crippen molar-refractivity contribution in [3.05, 3.63) is 23.5 Å².